The van der Waals surface area contributed by atoms with Gasteiger partial charge in [-0.05, 0) is 36.4 Å². The molecule has 208 valence electrons. The third-order valence-corrected chi connectivity index (χ3v) is 6.67. The maximum atomic E-state index is 12.6. The fraction of sp³-hybridized carbons (Fsp3) is 0.214. The molecule has 0 saturated carbocycles. The standard InChI is InChI=1S/C28H29N5O6S/c1-35-21-12-11-18(22(15-21)36-2)16-29-30-25(34)17-40-28-32-31-27(33(28)20-9-7-6-8-10-20)19-13-23(37-3)26(39-5)24(14-19)38-4/h6-16H,17H2,1-5H3,(H,30,34)/b29-16+. The van der Waals surface area contributed by atoms with Gasteiger partial charge < -0.3 is 23.7 Å². The highest BCUT2D eigenvalue weighted by atomic mass is 32.2. The van der Waals surface area contributed by atoms with Crippen molar-refractivity contribution in [2.45, 2.75) is 5.16 Å². The van der Waals surface area contributed by atoms with Crippen LogP contribution in [0.15, 0.2) is 70.9 Å². The van der Waals surface area contributed by atoms with Crippen molar-refractivity contribution in [1.82, 2.24) is 20.2 Å². The molecule has 0 spiro atoms. The molecular weight excluding hydrogens is 534 g/mol. The van der Waals surface area contributed by atoms with Crippen molar-refractivity contribution in [2.75, 3.05) is 41.3 Å². The molecule has 3 aromatic carbocycles. The summed E-state index contributed by atoms with van der Waals surface area (Å²) in [4.78, 5) is 12.6. The minimum atomic E-state index is -0.314. The molecule has 1 amide bonds. The lowest BCUT2D eigenvalue weighted by Gasteiger charge is -2.15. The first-order valence-electron chi connectivity index (χ1n) is 12.0. The number of nitrogens with one attached hydrogen (secondary N) is 1. The number of carbonyl (C=O) groups is 1. The number of hydrazone groups is 1. The molecule has 1 N–H and O–H groups in total. The smallest absolute Gasteiger partial charge is 0.250 e. The Bertz CT molecular complexity index is 1470. The topological polar surface area (TPSA) is 118 Å². The molecule has 4 rings (SSSR count). The van der Waals surface area contributed by atoms with Gasteiger partial charge >= 0.3 is 0 Å². The number of para-hydroxylation sites is 1. The Labute approximate surface area is 236 Å². The van der Waals surface area contributed by atoms with E-state index < -0.39 is 0 Å². The van der Waals surface area contributed by atoms with E-state index in [4.69, 9.17) is 23.7 Å². The van der Waals surface area contributed by atoms with E-state index in [2.05, 4.69) is 20.7 Å². The fourth-order valence-corrected chi connectivity index (χ4v) is 4.58. The molecule has 0 bridgehead atoms. The van der Waals surface area contributed by atoms with E-state index in [1.165, 1.54) is 18.0 Å². The summed E-state index contributed by atoms with van der Waals surface area (Å²) in [5, 5.41) is 13.4. The molecular formula is C28H29N5O6S. The fourth-order valence-electron chi connectivity index (χ4n) is 3.83. The van der Waals surface area contributed by atoms with Crippen LogP contribution in [0.25, 0.3) is 17.1 Å². The maximum absolute atomic E-state index is 12.6. The predicted molar refractivity (Wildman–Crippen MR) is 152 cm³/mol. The SMILES string of the molecule is COc1ccc(/C=N/NC(=O)CSc2nnc(-c3cc(OC)c(OC)c(OC)c3)n2-c2ccccc2)c(OC)c1. The minimum Gasteiger partial charge on any atom is -0.497 e. The number of carbonyl (C=O) groups excluding carboxylic acids is 1. The normalized spacial score (nSPS) is 10.8. The summed E-state index contributed by atoms with van der Waals surface area (Å²) >= 11 is 1.23. The van der Waals surface area contributed by atoms with Crippen LogP contribution >= 0.6 is 11.8 Å². The van der Waals surface area contributed by atoms with E-state index in [1.54, 1.807) is 65.9 Å². The number of methoxy groups -OCH3 is 5. The Morgan fingerprint density at radius 1 is 0.875 bits per heavy atom. The van der Waals surface area contributed by atoms with Crippen molar-refractivity contribution in [1.29, 1.82) is 0 Å². The van der Waals surface area contributed by atoms with Gasteiger partial charge in [-0.1, -0.05) is 30.0 Å². The molecule has 0 aliphatic heterocycles. The summed E-state index contributed by atoms with van der Waals surface area (Å²) < 4.78 is 28.9. The van der Waals surface area contributed by atoms with Crippen LogP contribution in [0.1, 0.15) is 5.56 Å². The molecule has 4 aromatic rings. The third-order valence-electron chi connectivity index (χ3n) is 5.74. The summed E-state index contributed by atoms with van der Waals surface area (Å²) in [6.45, 7) is 0. The molecule has 11 nitrogen and oxygen atoms in total. The Morgan fingerprint density at radius 3 is 2.20 bits per heavy atom. The molecule has 0 fully saturated rings. The van der Waals surface area contributed by atoms with E-state index in [-0.39, 0.29) is 11.7 Å². The van der Waals surface area contributed by atoms with Crippen LogP contribution in [-0.4, -0.2) is 68.2 Å². The van der Waals surface area contributed by atoms with Gasteiger partial charge in [0.05, 0.1) is 47.5 Å². The lowest BCUT2D eigenvalue weighted by molar-refractivity contribution is -0.118. The van der Waals surface area contributed by atoms with Gasteiger partial charge in [0, 0.05) is 22.9 Å². The number of hydrogen-bond donors (Lipinski definition) is 1. The van der Waals surface area contributed by atoms with Gasteiger partial charge in [0.25, 0.3) is 5.91 Å². The van der Waals surface area contributed by atoms with Gasteiger partial charge in [0.2, 0.25) is 5.75 Å². The zero-order valence-corrected chi connectivity index (χ0v) is 23.5. The predicted octanol–water partition coefficient (Wildman–Crippen LogP) is 4.22. The van der Waals surface area contributed by atoms with Gasteiger partial charge in [-0.25, -0.2) is 5.43 Å². The summed E-state index contributed by atoms with van der Waals surface area (Å²) in [6.07, 6.45) is 1.51. The molecule has 0 saturated heterocycles. The zero-order chi connectivity index (χ0) is 28.5. The summed E-state index contributed by atoms with van der Waals surface area (Å²) in [5.74, 6) is 2.95. The molecule has 12 heteroatoms. The van der Waals surface area contributed by atoms with Crippen molar-refractivity contribution in [3.05, 3.63) is 66.2 Å². The van der Waals surface area contributed by atoms with Gasteiger partial charge in [-0.15, -0.1) is 10.2 Å². The second kappa shape index (κ2) is 13.4. The lowest BCUT2D eigenvalue weighted by atomic mass is 10.1. The molecule has 1 heterocycles. The average molecular weight is 564 g/mol. The molecule has 1 aromatic heterocycles. The van der Waals surface area contributed by atoms with E-state index in [0.717, 1.165) is 5.69 Å². The van der Waals surface area contributed by atoms with E-state index in [9.17, 15) is 4.79 Å². The largest absolute Gasteiger partial charge is 0.497 e. The molecule has 40 heavy (non-hydrogen) atoms. The maximum Gasteiger partial charge on any atom is 0.250 e. The average Bonchev–Trinajstić information content (AvgIpc) is 3.43. The number of rotatable bonds is 12. The number of amides is 1. The van der Waals surface area contributed by atoms with Crippen molar-refractivity contribution in [2.24, 2.45) is 5.10 Å². The second-order valence-corrected chi connectivity index (χ2v) is 9.02. The van der Waals surface area contributed by atoms with E-state index in [1.807, 2.05) is 34.9 Å². The quantitative estimate of drug-likeness (QED) is 0.154. The summed E-state index contributed by atoms with van der Waals surface area (Å²) in [5.41, 5.74) is 4.75. The van der Waals surface area contributed by atoms with Crippen LogP contribution in [0.2, 0.25) is 0 Å². The molecule has 0 radical (unpaired) electrons. The number of ether oxygens (including phenoxy) is 5. The number of nitrogens with zero attached hydrogens (tertiary/aromatic N) is 4. The first-order valence-corrected chi connectivity index (χ1v) is 13.0. The van der Waals surface area contributed by atoms with Crippen molar-refractivity contribution in [3.8, 4) is 45.8 Å². The third kappa shape index (κ3) is 6.29. The first-order chi connectivity index (χ1) is 19.5. The van der Waals surface area contributed by atoms with E-state index in [0.29, 0.717) is 50.9 Å². The lowest BCUT2D eigenvalue weighted by Crippen LogP contribution is -2.20. The van der Waals surface area contributed by atoms with Gasteiger partial charge in [0.15, 0.2) is 22.5 Å². The molecule has 0 aliphatic rings. The van der Waals surface area contributed by atoms with Gasteiger partial charge in [-0.2, -0.15) is 5.10 Å². The Kier molecular flexibility index (Phi) is 9.47. The minimum absolute atomic E-state index is 0.0529. The van der Waals surface area contributed by atoms with Crippen LogP contribution in [0.5, 0.6) is 28.7 Å². The number of benzene rings is 3. The van der Waals surface area contributed by atoms with Crippen LogP contribution < -0.4 is 29.1 Å². The Balaban J connectivity index is 1.56. The van der Waals surface area contributed by atoms with Gasteiger partial charge in [0.1, 0.15) is 11.5 Å². The van der Waals surface area contributed by atoms with Crippen molar-refractivity contribution >= 4 is 23.9 Å². The Morgan fingerprint density at radius 2 is 1.57 bits per heavy atom. The van der Waals surface area contributed by atoms with Crippen LogP contribution in [0.3, 0.4) is 0 Å². The second-order valence-electron chi connectivity index (χ2n) is 8.08. The number of aromatic nitrogens is 3. The molecule has 0 aliphatic carbocycles. The summed E-state index contributed by atoms with van der Waals surface area (Å²) in [7, 11) is 7.78. The van der Waals surface area contributed by atoms with Gasteiger partial charge in [-0.3, -0.25) is 9.36 Å². The highest BCUT2D eigenvalue weighted by molar-refractivity contribution is 7.99. The highest BCUT2D eigenvalue weighted by Crippen LogP contribution is 2.41. The van der Waals surface area contributed by atoms with Crippen LogP contribution in [0.4, 0.5) is 0 Å². The summed E-state index contributed by atoms with van der Waals surface area (Å²) in [6, 6.07) is 18.5. The monoisotopic (exact) mass is 563 g/mol. The number of thioether (sulfide) groups is 1. The molecule has 0 atom stereocenters. The van der Waals surface area contributed by atoms with E-state index >= 15 is 0 Å². The molecule has 0 unspecified atom stereocenters. The number of hydrogen-bond acceptors (Lipinski definition) is 10. The van der Waals surface area contributed by atoms with Crippen LogP contribution in [-0.2, 0) is 4.79 Å². The van der Waals surface area contributed by atoms with Crippen molar-refractivity contribution in [3.63, 3.8) is 0 Å². The Hall–Kier alpha value is -4.71. The first kappa shape index (κ1) is 28.3. The zero-order valence-electron chi connectivity index (χ0n) is 22.7. The van der Waals surface area contributed by atoms with Crippen molar-refractivity contribution < 1.29 is 28.5 Å². The van der Waals surface area contributed by atoms with Crippen LogP contribution in [0, 0.1) is 0 Å². The highest BCUT2D eigenvalue weighted by Gasteiger charge is 2.21.